The third kappa shape index (κ3) is 67.8. The van der Waals surface area contributed by atoms with E-state index in [4.69, 9.17) is 37.0 Å². The number of carbonyl (C=O) groups is 4. The Kier molecular flexibility index (Phi) is 65.3. The number of carbonyl (C=O) groups excluding carboxylic acids is 4. The second-order valence-electron chi connectivity index (χ2n) is 23.7. The zero-order valence-corrected chi connectivity index (χ0v) is 61.3. The van der Waals surface area contributed by atoms with Crippen LogP contribution in [0.5, 0.6) is 0 Å². The molecule has 0 radical (unpaired) electrons. The molecule has 96 heavy (non-hydrogen) atoms. The first-order valence-electron chi connectivity index (χ1n) is 36.4. The Bertz CT molecular complexity index is 2350. The minimum Gasteiger partial charge on any atom is -0.462 e. The predicted molar refractivity (Wildman–Crippen MR) is 390 cm³/mol. The SMILES string of the molecule is CC/C=C\C/C=C\C/C=C\C/C=C\CCCCC(=O)OCC(COP(=O)(O)OCC(O)COP(=O)(O)OCC(COC(=O)CCCCCCC/C=C\C/C=C\C/C=C\CC)OC(=O)CCCCCCCCCCCCC)OC(=O)CCCC/C=C\C/C=C\C/C=C\C/C=C\CC. The van der Waals surface area contributed by atoms with Crippen molar-refractivity contribution in [3.63, 3.8) is 0 Å². The molecule has 19 heteroatoms. The van der Waals surface area contributed by atoms with Gasteiger partial charge in [-0.15, -0.1) is 0 Å². The first-order chi connectivity index (χ1) is 46.7. The molecule has 5 atom stereocenters. The van der Waals surface area contributed by atoms with Crippen LogP contribution >= 0.6 is 15.6 Å². The van der Waals surface area contributed by atoms with Gasteiger partial charge in [-0.05, 0) is 135 Å². The van der Waals surface area contributed by atoms with Crippen molar-refractivity contribution in [1.82, 2.24) is 0 Å². The van der Waals surface area contributed by atoms with Crippen molar-refractivity contribution in [2.24, 2.45) is 0 Å². The van der Waals surface area contributed by atoms with Crippen LogP contribution in [0.25, 0.3) is 0 Å². The fourth-order valence-electron chi connectivity index (χ4n) is 9.16. The standard InChI is InChI=1S/C77H128O17P2/c1-5-9-13-17-21-25-29-32-35-38-42-45-49-53-57-61-74(79)87-67-72(93-76(81)63-59-55-51-47-41-28-24-20-16-12-8-4)69-91-95(83,84)89-65-71(78)66-90-96(85,86)92-70-73(94-77(82)64-60-56-52-48-44-40-37-34-31-27-23-19-15-11-7-3)68-88-75(80)62-58-54-50-46-43-39-36-33-30-26-22-18-14-10-6-2/h9-11,13-15,21-23,25-27,32-37,43-44,46,48,71-73,78H,5-8,12,16-20,24,28-31,38-42,45,47,49-70H2,1-4H3,(H,83,84)(H,85,86)/b13-9-,14-10-,15-11-,25-21-,26-22-,27-23-,35-32-,36-33-,37-34-,46-43-,48-44-. The molecule has 17 nitrogen and oxygen atoms in total. The number of phosphoric acid groups is 2. The van der Waals surface area contributed by atoms with Crippen molar-refractivity contribution in [1.29, 1.82) is 0 Å². The van der Waals surface area contributed by atoms with E-state index in [-0.39, 0.29) is 25.7 Å². The van der Waals surface area contributed by atoms with Crippen LogP contribution in [0.1, 0.15) is 272 Å². The van der Waals surface area contributed by atoms with Gasteiger partial charge in [0.1, 0.15) is 19.3 Å². The average Bonchev–Trinajstić information content (AvgIpc) is 1.09. The molecule has 3 N–H and O–H groups in total. The van der Waals surface area contributed by atoms with E-state index in [2.05, 4.69) is 161 Å². The lowest BCUT2D eigenvalue weighted by Gasteiger charge is -2.21. The molecule has 0 saturated carbocycles. The quantitative estimate of drug-likeness (QED) is 0.0169. The summed E-state index contributed by atoms with van der Waals surface area (Å²) in [5.41, 5.74) is 0. The summed E-state index contributed by atoms with van der Waals surface area (Å²) in [5, 5.41) is 10.6. The third-order valence-corrected chi connectivity index (χ3v) is 16.5. The number of hydrogen-bond acceptors (Lipinski definition) is 15. The van der Waals surface area contributed by atoms with Crippen LogP contribution in [-0.4, -0.2) is 96.7 Å². The highest BCUT2D eigenvalue weighted by Crippen LogP contribution is 2.45. The Hall–Kier alpha value is -4.80. The highest BCUT2D eigenvalue weighted by Gasteiger charge is 2.30. The van der Waals surface area contributed by atoms with E-state index in [1.165, 1.54) is 38.5 Å². The molecule has 5 unspecified atom stereocenters. The first-order valence-corrected chi connectivity index (χ1v) is 39.4. The van der Waals surface area contributed by atoms with Crippen molar-refractivity contribution in [2.75, 3.05) is 39.6 Å². The van der Waals surface area contributed by atoms with Crippen molar-refractivity contribution < 1.29 is 80.2 Å². The number of aliphatic hydroxyl groups is 1. The highest BCUT2D eigenvalue weighted by molar-refractivity contribution is 7.47. The van der Waals surface area contributed by atoms with E-state index in [1.54, 1.807) is 0 Å². The molecule has 0 spiro atoms. The van der Waals surface area contributed by atoms with E-state index in [0.29, 0.717) is 32.1 Å². The number of aliphatic hydroxyl groups excluding tert-OH is 1. The third-order valence-electron chi connectivity index (χ3n) is 14.6. The van der Waals surface area contributed by atoms with Gasteiger partial charge < -0.3 is 33.8 Å². The van der Waals surface area contributed by atoms with Gasteiger partial charge >= 0.3 is 39.5 Å². The second-order valence-corrected chi connectivity index (χ2v) is 26.7. The van der Waals surface area contributed by atoms with Crippen LogP contribution in [0.3, 0.4) is 0 Å². The largest absolute Gasteiger partial charge is 0.472 e. The smallest absolute Gasteiger partial charge is 0.462 e. The molecule has 0 aliphatic heterocycles. The maximum absolute atomic E-state index is 13.0. The topological polar surface area (TPSA) is 237 Å². The van der Waals surface area contributed by atoms with Gasteiger partial charge in [-0.2, -0.15) is 0 Å². The number of allylic oxidation sites excluding steroid dienone is 22. The minimum atomic E-state index is -4.99. The molecule has 548 valence electrons. The number of esters is 4. The molecule has 0 bridgehead atoms. The fourth-order valence-corrected chi connectivity index (χ4v) is 10.7. The van der Waals surface area contributed by atoms with Crippen molar-refractivity contribution in [3.8, 4) is 0 Å². The van der Waals surface area contributed by atoms with Crippen molar-refractivity contribution in [3.05, 3.63) is 134 Å². The van der Waals surface area contributed by atoms with Crippen LogP contribution < -0.4 is 0 Å². The predicted octanol–water partition coefficient (Wildman–Crippen LogP) is 20.5. The van der Waals surface area contributed by atoms with E-state index < -0.39 is 97.5 Å². The van der Waals surface area contributed by atoms with Crippen LogP contribution in [-0.2, 0) is 65.4 Å². The lowest BCUT2D eigenvalue weighted by molar-refractivity contribution is -0.161. The molecule has 0 aromatic carbocycles. The molecule has 0 aliphatic rings. The van der Waals surface area contributed by atoms with Gasteiger partial charge in [-0.3, -0.25) is 37.3 Å². The number of unbranched alkanes of at least 4 members (excludes halogenated alkanes) is 19. The molecule has 0 rings (SSSR count). The minimum absolute atomic E-state index is 0.0300. The molecule has 0 aliphatic carbocycles. The monoisotopic (exact) mass is 1390 g/mol. The van der Waals surface area contributed by atoms with E-state index in [1.807, 2.05) is 0 Å². The lowest BCUT2D eigenvalue weighted by atomic mass is 10.1. The van der Waals surface area contributed by atoms with Gasteiger partial charge in [-0.25, -0.2) is 9.13 Å². The van der Waals surface area contributed by atoms with Crippen molar-refractivity contribution in [2.45, 2.75) is 290 Å². The molecule has 0 heterocycles. The highest BCUT2D eigenvalue weighted by atomic mass is 31.2. The number of ether oxygens (including phenoxy) is 4. The van der Waals surface area contributed by atoms with Crippen LogP contribution in [0.4, 0.5) is 0 Å². The van der Waals surface area contributed by atoms with Gasteiger partial charge in [0, 0.05) is 25.7 Å². The molecular formula is C77H128O17P2. The Balaban J connectivity index is 5.42. The number of rotatable bonds is 67. The van der Waals surface area contributed by atoms with Gasteiger partial charge in [0.05, 0.1) is 26.4 Å². The Labute approximate surface area is 580 Å². The summed E-state index contributed by atoms with van der Waals surface area (Å²) in [6.07, 6.45) is 74.7. The van der Waals surface area contributed by atoms with Gasteiger partial charge in [0.15, 0.2) is 12.2 Å². The summed E-state index contributed by atoms with van der Waals surface area (Å²) in [6, 6.07) is 0. The zero-order chi connectivity index (χ0) is 70.4. The first kappa shape index (κ1) is 91.2. The summed E-state index contributed by atoms with van der Waals surface area (Å²) in [5.74, 6) is -2.29. The van der Waals surface area contributed by atoms with Crippen molar-refractivity contribution >= 4 is 39.5 Å². The zero-order valence-electron chi connectivity index (χ0n) is 59.5. The maximum Gasteiger partial charge on any atom is 0.472 e. The molecule has 0 amide bonds. The maximum atomic E-state index is 13.0. The Morgan fingerprint density at radius 2 is 0.542 bits per heavy atom. The van der Waals surface area contributed by atoms with E-state index >= 15 is 0 Å². The second kappa shape index (κ2) is 68.7. The average molecular weight is 1390 g/mol. The van der Waals surface area contributed by atoms with Gasteiger partial charge in [0.25, 0.3) is 0 Å². The van der Waals surface area contributed by atoms with Crippen LogP contribution in [0, 0.1) is 0 Å². The summed E-state index contributed by atoms with van der Waals surface area (Å²) >= 11 is 0. The molecular weight excluding hydrogens is 1260 g/mol. The summed E-state index contributed by atoms with van der Waals surface area (Å²) in [4.78, 5) is 72.7. The number of hydrogen-bond donors (Lipinski definition) is 3. The summed E-state index contributed by atoms with van der Waals surface area (Å²) in [7, 11) is -9.97. The lowest BCUT2D eigenvalue weighted by Crippen LogP contribution is -2.30. The van der Waals surface area contributed by atoms with Gasteiger partial charge in [-0.1, -0.05) is 245 Å². The normalized spacial score (nSPS) is 14.8. The molecule has 0 fully saturated rings. The molecule has 0 aromatic rings. The van der Waals surface area contributed by atoms with Crippen LogP contribution in [0.2, 0.25) is 0 Å². The van der Waals surface area contributed by atoms with Gasteiger partial charge in [0.2, 0.25) is 0 Å². The Morgan fingerprint density at radius 1 is 0.302 bits per heavy atom. The fraction of sp³-hybridized carbons (Fsp3) is 0.662. The molecule has 0 aromatic heterocycles. The Morgan fingerprint density at radius 3 is 0.854 bits per heavy atom. The molecule has 0 saturated heterocycles. The number of phosphoric ester groups is 2. The van der Waals surface area contributed by atoms with Crippen LogP contribution in [0.15, 0.2) is 134 Å². The van der Waals surface area contributed by atoms with E-state index in [9.17, 15) is 43.2 Å². The summed E-state index contributed by atoms with van der Waals surface area (Å²) < 4.78 is 68.2. The summed E-state index contributed by atoms with van der Waals surface area (Å²) in [6.45, 7) is 4.38. The van der Waals surface area contributed by atoms with E-state index in [0.717, 1.165) is 148 Å².